The number of halogens is 1. The maximum Gasteiger partial charge on any atom is 0.318 e. The minimum Gasteiger partial charge on any atom is -0.480 e. The van der Waals surface area contributed by atoms with Crippen molar-refractivity contribution in [2.24, 2.45) is 5.41 Å². The van der Waals surface area contributed by atoms with E-state index in [9.17, 15) is 14.0 Å². The van der Waals surface area contributed by atoms with E-state index in [0.29, 0.717) is 18.7 Å². The minimum atomic E-state index is -1.51. The summed E-state index contributed by atoms with van der Waals surface area (Å²) in [4.78, 5) is 24.6. The highest BCUT2D eigenvalue weighted by molar-refractivity contribution is 6.09. The molecule has 0 unspecified atom stereocenters. The molecule has 0 aromatic heterocycles. The molecule has 18 heavy (non-hydrogen) atoms. The third-order valence-corrected chi connectivity index (χ3v) is 3.26. The van der Waals surface area contributed by atoms with Crippen LogP contribution in [0.4, 0.5) is 10.1 Å². The molecule has 1 N–H and O–H groups in total. The first-order valence-corrected chi connectivity index (χ1v) is 5.68. The Morgan fingerprint density at radius 3 is 2.67 bits per heavy atom. The molecule has 1 heterocycles. The summed E-state index contributed by atoms with van der Waals surface area (Å²) in [7, 11) is 0. The molecule has 5 heteroatoms. The average molecular weight is 251 g/mol. The van der Waals surface area contributed by atoms with Crippen molar-refractivity contribution in [1.82, 2.24) is 0 Å². The third-order valence-electron chi connectivity index (χ3n) is 3.26. The van der Waals surface area contributed by atoms with E-state index in [1.54, 1.807) is 6.07 Å². The summed E-state index contributed by atoms with van der Waals surface area (Å²) >= 11 is 0. The summed E-state index contributed by atoms with van der Waals surface area (Å²) in [6.07, 6.45) is 0.622. The van der Waals surface area contributed by atoms with E-state index >= 15 is 0 Å². The van der Waals surface area contributed by atoms with Crippen LogP contribution in [0.5, 0.6) is 0 Å². The number of amides is 1. The Bertz CT molecular complexity index is 525. The second-order valence-corrected chi connectivity index (χ2v) is 4.91. The number of carbonyl (C=O) groups is 2. The zero-order valence-corrected chi connectivity index (χ0v) is 10.2. The Kier molecular flexibility index (Phi) is 2.84. The maximum absolute atomic E-state index is 13.2. The number of hydrogen-bond acceptors (Lipinski definition) is 2. The van der Waals surface area contributed by atoms with Gasteiger partial charge >= 0.3 is 5.97 Å². The second-order valence-electron chi connectivity index (χ2n) is 4.91. The summed E-state index contributed by atoms with van der Waals surface area (Å²) in [6.45, 7) is 3.11. The van der Waals surface area contributed by atoms with Crippen LogP contribution in [0.25, 0.3) is 0 Å². The predicted molar refractivity (Wildman–Crippen MR) is 63.9 cm³/mol. The molecule has 1 aliphatic rings. The van der Waals surface area contributed by atoms with Gasteiger partial charge < -0.3 is 10.0 Å². The molecule has 1 aromatic rings. The molecule has 0 radical (unpaired) electrons. The van der Waals surface area contributed by atoms with Gasteiger partial charge in [0.1, 0.15) is 11.2 Å². The lowest BCUT2D eigenvalue weighted by Crippen LogP contribution is -2.44. The van der Waals surface area contributed by atoms with E-state index in [-0.39, 0.29) is 0 Å². The molecule has 2 rings (SSSR count). The van der Waals surface area contributed by atoms with E-state index in [2.05, 4.69) is 0 Å². The van der Waals surface area contributed by atoms with E-state index in [0.717, 1.165) is 5.56 Å². The molecule has 0 aliphatic carbocycles. The normalized spacial score (nSPS) is 14.5. The number of carboxylic acid groups (broad SMARTS) is 1. The van der Waals surface area contributed by atoms with Crippen LogP contribution >= 0.6 is 0 Å². The molecule has 1 aromatic carbocycles. The van der Waals surface area contributed by atoms with Crippen molar-refractivity contribution in [2.45, 2.75) is 20.3 Å². The summed E-state index contributed by atoms with van der Waals surface area (Å²) in [6, 6.07) is 4.25. The lowest BCUT2D eigenvalue weighted by atomic mass is 9.92. The van der Waals surface area contributed by atoms with Crippen molar-refractivity contribution in [3.05, 3.63) is 29.6 Å². The molecular weight excluding hydrogens is 237 g/mol. The third kappa shape index (κ3) is 1.85. The van der Waals surface area contributed by atoms with Crippen LogP contribution in [-0.2, 0) is 16.0 Å². The molecule has 0 fully saturated rings. The number of nitrogens with zero attached hydrogens (tertiary/aromatic N) is 1. The van der Waals surface area contributed by atoms with Crippen molar-refractivity contribution in [3.63, 3.8) is 0 Å². The van der Waals surface area contributed by atoms with Crippen LogP contribution in [0.3, 0.4) is 0 Å². The van der Waals surface area contributed by atoms with Gasteiger partial charge in [-0.1, -0.05) is 6.07 Å². The van der Waals surface area contributed by atoms with Gasteiger partial charge in [0.15, 0.2) is 0 Å². The van der Waals surface area contributed by atoms with Crippen LogP contribution in [0.1, 0.15) is 19.4 Å². The highest BCUT2D eigenvalue weighted by Crippen LogP contribution is 2.32. The molecule has 4 nitrogen and oxygen atoms in total. The minimum absolute atomic E-state index is 0.397. The van der Waals surface area contributed by atoms with E-state index in [1.807, 2.05) is 0 Å². The standard InChI is InChI=1S/C13H14FNO3/c1-13(2,12(17)18)11(16)15-6-5-8-3-4-9(14)7-10(8)15/h3-4,7H,5-6H2,1-2H3,(H,17,18). The lowest BCUT2D eigenvalue weighted by Gasteiger charge is -2.26. The first-order valence-electron chi connectivity index (χ1n) is 5.68. The Hall–Kier alpha value is -1.91. The molecule has 0 saturated carbocycles. The van der Waals surface area contributed by atoms with Crippen molar-refractivity contribution < 1.29 is 19.1 Å². The SMILES string of the molecule is CC(C)(C(=O)O)C(=O)N1CCc2ccc(F)cc21. The van der Waals surface area contributed by atoms with Gasteiger partial charge in [0.25, 0.3) is 0 Å². The van der Waals surface area contributed by atoms with Crippen molar-refractivity contribution in [3.8, 4) is 0 Å². The van der Waals surface area contributed by atoms with E-state index in [1.165, 1.54) is 30.9 Å². The summed E-state index contributed by atoms with van der Waals surface area (Å²) in [5.41, 5.74) is -0.159. The second kappa shape index (κ2) is 4.08. The van der Waals surface area contributed by atoms with Gasteiger partial charge in [-0.3, -0.25) is 9.59 Å². The largest absolute Gasteiger partial charge is 0.480 e. The Labute approximate surface area is 104 Å². The summed E-state index contributed by atoms with van der Waals surface area (Å²) in [5.74, 6) is -2.13. The Balaban J connectivity index is 2.37. The van der Waals surface area contributed by atoms with Gasteiger partial charge in [-0.05, 0) is 38.0 Å². The number of anilines is 1. The van der Waals surface area contributed by atoms with Crippen LogP contribution < -0.4 is 4.90 Å². The quantitative estimate of drug-likeness (QED) is 0.816. The summed E-state index contributed by atoms with van der Waals surface area (Å²) < 4.78 is 13.2. The predicted octanol–water partition coefficient (Wildman–Crippen LogP) is 1.83. The number of carbonyl (C=O) groups excluding carboxylic acids is 1. The lowest BCUT2D eigenvalue weighted by molar-refractivity contribution is -0.152. The fourth-order valence-corrected chi connectivity index (χ4v) is 1.99. The van der Waals surface area contributed by atoms with E-state index < -0.39 is 23.1 Å². The zero-order chi connectivity index (χ0) is 13.5. The number of aliphatic carboxylic acids is 1. The van der Waals surface area contributed by atoms with Gasteiger partial charge in [-0.2, -0.15) is 0 Å². The molecule has 0 atom stereocenters. The molecule has 0 saturated heterocycles. The number of rotatable bonds is 2. The molecular formula is C13H14FNO3. The monoisotopic (exact) mass is 251 g/mol. The molecule has 0 bridgehead atoms. The molecule has 1 aliphatic heterocycles. The molecule has 96 valence electrons. The van der Waals surface area contributed by atoms with Crippen LogP contribution in [0.2, 0.25) is 0 Å². The highest BCUT2D eigenvalue weighted by Gasteiger charge is 2.41. The topological polar surface area (TPSA) is 57.6 Å². The molecule has 0 spiro atoms. The Morgan fingerprint density at radius 2 is 2.06 bits per heavy atom. The van der Waals surface area contributed by atoms with Crippen molar-refractivity contribution in [2.75, 3.05) is 11.4 Å². The molecule has 1 amide bonds. The average Bonchev–Trinajstić information content (AvgIpc) is 2.70. The number of carboxylic acids is 1. The highest BCUT2D eigenvalue weighted by atomic mass is 19.1. The van der Waals surface area contributed by atoms with Crippen molar-refractivity contribution in [1.29, 1.82) is 0 Å². The smallest absolute Gasteiger partial charge is 0.318 e. The van der Waals surface area contributed by atoms with Crippen LogP contribution in [-0.4, -0.2) is 23.5 Å². The van der Waals surface area contributed by atoms with Gasteiger partial charge in [0.05, 0.1) is 0 Å². The first-order chi connectivity index (χ1) is 8.34. The first kappa shape index (κ1) is 12.5. The number of fused-ring (bicyclic) bond motifs is 1. The number of benzene rings is 1. The Morgan fingerprint density at radius 1 is 1.39 bits per heavy atom. The van der Waals surface area contributed by atoms with Crippen LogP contribution in [0, 0.1) is 11.2 Å². The van der Waals surface area contributed by atoms with E-state index in [4.69, 9.17) is 5.11 Å². The van der Waals surface area contributed by atoms with Crippen LogP contribution in [0.15, 0.2) is 18.2 Å². The van der Waals surface area contributed by atoms with Gasteiger partial charge in [-0.15, -0.1) is 0 Å². The maximum atomic E-state index is 13.2. The zero-order valence-electron chi connectivity index (χ0n) is 10.2. The fraction of sp³-hybridized carbons (Fsp3) is 0.385. The van der Waals surface area contributed by atoms with Gasteiger partial charge in [-0.25, -0.2) is 4.39 Å². The fourth-order valence-electron chi connectivity index (χ4n) is 1.99. The van der Waals surface area contributed by atoms with Gasteiger partial charge in [0.2, 0.25) is 5.91 Å². The van der Waals surface area contributed by atoms with Gasteiger partial charge in [0, 0.05) is 12.2 Å². The number of hydrogen-bond donors (Lipinski definition) is 1. The summed E-state index contributed by atoms with van der Waals surface area (Å²) in [5, 5.41) is 9.05. The van der Waals surface area contributed by atoms with Crippen molar-refractivity contribution >= 4 is 17.6 Å².